The highest BCUT2D eigenvalue weighted by atomic mass is 19.4. The maximum absolute atomic E-state index is 12.9. The Morgan fingerprint density at radius 3 is 2.46 bits per heavy atom. The molecule has 0 bridgehead atoms. The molecule has 0 spiro atoms. The Morgan fingerprint density at radius 1 is 1.33 bits per heavy atom. The summed E-state index contributed by atoms with van der Waals surface area (Å²) in [6.07, 6.45) is -3.16. The van der Waals surface area contributed by atoms with Crippen LogP contribution in [0.25, 0.3) is 0 Å². The summed E-state index contributed by atoms with van der Waals surface area (Å²) in [6.45, 7) is 3.73. The molecule has 0 saturated carbocycles. The van der Waals surface area contributed by atoms with Crippen LogP contribution in [-0.2, 0) is 11.8 Å². The lowest BCUT2D eigenvalue weighted by atomic mass is 9.97. The number of amides is 1. The number of hydrogen-bond acceptors (Lipinski definition) is 3. The van der Waals surface area contributed by atoms with Crippen molar-refractivity contribution in [3.63, 3.8) is 0 Å². The van der Waals surface area contributed by atoms with Gasteiger partial charge < -0.3 is 0 Å². The monoisotopic (exact) mass is 340 g/mol. The number of alkyl halides is 3. The maximum Gasteiger partial charge on any atom is 0.406 e. The molecule has 1 amide bonds. The third-order valence-corrected chi connectivity index (χ3v) is 3.90. The second-order valence-corrected chi connectivity index (χ2v) is 5.66. The first-order valence-electron chi connectivity index (χ1n) is 7.41. The minimum Gasteiger partial charge on any atom is -0.287 e. The highest BCUT2D eigenvalue weighted by Crippen LogP contribution is 2.28. The van der Waals surface area contributed by atoms with E-state index in [0.717, 1.165) is 5.69 Å². The van der Waals surface area contributed by atoms with Crippen LogP contribution in [0.4, 0.5) is 19.0 Å². The zero-order chi connectivity index (χ0) is 18.1. The fourth-order valence-electron chi connectivity index (χ4n) is 2.74. The standard InChI is InChI=1S/C16H19F3N4O/c1-10(14-11(2)21-22(4)12(14)3)15(24)23(9-16(17,18)19)13-7-5-6-8-20-13/h5-8,10H,9H2,1-4H3. The van der Waals surface area contributed by atoms with E-state index >= 15 is 0 Å². The molecule has 2 aromatic heterocycles. The molecule has 130 valence electrons. The zero-order valence-electron chi connectivity index (χ0n) is 13.9. The Hall–Kier alpha value is -2.38. The van der Waals surface area contributed by atoms with Gasteiger partial charge in [0.15, 0.2) is 0 Å². The number of carbonyl (C=O) groups is 1. The summed E-state index contributed by atoms with van der Waals surface area (Å²) in [5, 5.41) is 4.23. The Labute approximate surface area is 138 Å². The third kappa shape index (κ3) is 3.74. The summed E-state index contributed by atoms with van der Waals surface area (Å²) in [5.74, 6) is -1.45. The summed E-state index contributed by atoms with van der Waals surface area (Å²) in [6, 6.07) is 4.52. The molecule has 0 radical (unpaired) electrons. The fraction of sp³-hybridized carbons (Fsp3) is 0.438. The van der Waals surface area contributed by atoms with Crippen molar-refractivity contribution in [1.82, 2.24) is 14.8 Å². The molecule has 0 aromatic carbocycles. The first-order chi connectivity index (χ1) is 11.1. The zero-order valence-corrected chi connectivity index (χ0v) is 13.9. The van der Waals surface area contributed by atoms with Gasteiger partial charge in [-0.05, 0) is 32.9 Å². The van der Waals surface area contributed by atoms with Gasteiger partial charge in [0.2, 0.25) is 5.91 Å². The van der Waals surface area contributed by atoms with E-state index in [4.69, 9.17) is 0 Å². The van der Waals surface area contributed by atoms with E-state index in [1.165, 1.54) is 12.3 Å². The molecule has 2 heterocycles. The van der Waals surface area contributed by atoms with Crippen LogP contribution in [0.1, 0.15) is 29.8 Å². The van der Waals surface area contributed by atoms with Crippen molar-refractivity contribution in [3.05, 3.63) is 41.3 Å². The second-order valence-electron chi connectivity index (χ2n) is 5.66. The van der Waals surface area contributed by atoms with Gasteiger partial charge in [-0.15, -0.1) is 0 Å². The van der Waals surface area contributed by atoms with Crippen molar-refractivity contribution < 1.29 is 18.0 Å². The average Bonchev–Trinajstić information content (AvgIpc) is 2.76. The molecule has 0 N–H and O–H groups in total. The van der Waals surface area contributed by atoms with E-state index < -0.39 is 24.5 Å². The second kappa shape index (κ2) is 6.62. The van der Waals surface area contributed by atoms with Gasteiger partial charge in [0.1, 0.15) is 12.4 Å². The van der Waals surface area contributed by atoms with Gasteiger partial charge in [-0.1, -0.05) is 6.07 Å². The number of rotatable bonds is 4. The smallest absolute Gasteiger partial charge is 0.287 e. The van der Waals surface area contributed by atoms with Gasteiger partial charge in [0.05, 0.1) is 11.6 Å². The van der Waals surface area contributed by atoms with Crippen LogP contribution in [-0.4, -0.2) is 33.4 Å². The third-order valence-electron chi connectivity index (χ3n) is 3.90. The lowest BCUT2D eigenvalue weighted by Gasteiger charge is -2.26. The predicted octanol–water partition coefficient (Wildman–Crippen LogP) is 3.13. The van der Waals surface area contributed by atoms with Crippen LogP contribution >= 0.6 is 0 Å². The van der Waals surface area contributed by atoms with Crippen molar-refractivity contribution in [2.24, 2.45) is 7.05 Å². The van der Waals surface area contributed by atoms with E-state index in [1.54, 1.807) is 44.6 Å². The van der Waals surface area contributed by atoms with Crippen LogP contribution < -0.4 is 4.90 Å². The van der Waals surface area contributed by atoms with Crippen LogP contribution in [0.5, 0.6) is 0 Å². The van der Waals surface area contributed by atoms with Crippen molar-refractivity contribution in [2.75, 3.05) is 11.4 Å². The predicted molar refractivity (Wildman–Crippen MR) is 83.7 cm³/mol. The number of halogens is 3. The Bertz CT molecular complexity index is 725. The number of hydrogen-bond donors (Lipinski definition) is 0. The van der Waals surface area contributed by atoms with E-state index in [2.05, 4.69) is 10.1 Å². The molecule has 2 aromatic rings. The van der Waals surface area contributed by atoms with E-state index in [-0.39, 0.29) is 5.82 Å². The molecular formula is C16H19F3N4O. The summed E-state index contributed by atoms with van der Waals surface area (Å²) in [4.78, 5) is 17.4. The van der Waals surface area contributed by atoms with Crippen molar-refractivity contribution in [1.29, 1.82) is 0 Å². The molecule has 1 unspecified atom stereocenters. The molecule has 8 heteroatoms. The van der Waals surface area contributed by atoms with Crippen LogP contribution in [0.2, 0.25) is 0 Å². The molecular weight excluding hydrogens is 321 g/mol. The Balaban J connectivity index is 2.40. The van der Waals surface area contributed by atoms with Gasteiger partial charge in [-0.2, -0.15) is 18.3 Å². The van der Waals surface area contributed by atoms with Gasteiger partial charge in [0, 0.05) is 24.5 Å². The summed E-state index contributed by atoms with van der Waals surface area (Å²) >= 11 is 0. The number of pyridine rings is 1. The number of nitrogens with zero attached hydrogens (tertiary/aromatic N) is 4. The van der Waals surface area contributed by atoms with Gasteiger partial charge in [-0.3, -0.25) is 14.4 Å². The van der Waals surface area contributed by atoms with Gasteiger partial charge in [-0.25, -0.2) is 4.98 Å². The first kappa shape index (κ1) is 18.0. The highest BCUT2D eigenvalue weighted by Gasteiger charge is 2.37. The Morgan fingerprint density at radius 2 is 2.00 bits per heavy atom. The quantitative estimate of drug-likeness (QED) is 0.859. The number of carbonyl (C=O) groups excluding carboxylic acids is 1. The number of anilines is 1. The molecule has 2 rings (SSSR count). The minimum absolute atomic E-state index is 0.0223. The lowest BCUT2D eigenvalue weighted by Crippen LogP contribution is -2.41. The lowest BCUT2D eigenvalue weighted by molar-refractivity contribution is -0.133. The van der Waals surface area contributed by atoms with Crippen LogP contribution in [0, 0.1) is 13.8 Å². The first-order valence-corrected chi connectivity index (χ1v) is 7.41. The maximum atomic E-state index is 12.9. The molecule has 0 aliphatic carbocycles. The van der Waals surface area contributed by atoms with E-state index in [0.29, 0.717) is 16.2 Å². The van der Waals surface area contributed by atoms with Gasteiger partial charge >= 0.3 is 6.18 Å². The molecule has 0 saturated heterocycles. The normalized spacial score (nSPS) is 13.0. The molecule has 0 aliphatic heterocycles. The van der Waals surface area contributed by atoms with Crippen LogP contribution in [0.15, 0.2) is 24.4 Å². The van der Waals surface area contributed by atoms with Crippen molar-refractivity contribution >= 4 is 11.7 Å². The van der Waals surface area contributed by atoms with E-state index in [9.17, 15) is 18.0 Å². The highest BCUT2D eigenvalue weighted by molar-refractivity contribution is 5.97. The molecule has 1 atom stereocenters. The topological polar surface area (TPSA) is 51.0 Å². The largest absolute Gasteiger partial charge is 0.406 e. The van der Waals surface area contributed by atoms with Crippen LogP contribution in [0.3, 0.4) is 0 Å². The summed E-state index contributed by atoms with van der Waals surface area (Å²) < 4.78 is 40.4. The van der Waals surface area contributed by atoms with Gasteiger partial charge in [0.25, 0.3) is 0 Å². The molecule has 24 heavy (non-hydrogen) atoms. The SMILES string of the molecule is Cc1nn(C)c(C)c1C(C)C(=O)N(CC(F)(F)F)c1ccccn1. The summed E-state index contributed by atoms with van der Waals surface area (Å²) in [7, 11) is 1.73. The average molecular weight is 340 g/mol. The van der Waals surface area contributed by atoms with Crippen molar-refractivity contribution in [3.8, 4) is 0 Å². The molecule has 0 fully saturated rings. The number of aryl methyl sites for hydroxylation is 2. The van der Waals surface area contributed by atoms with E-state index in [1.807, 2.05) is 0 Å². The minimum atomic E-state index is -4.52. The summed E-state index contributed by atoms with van der Waals surface area (Å²) in [5.41, 5.74) is 2.02. The van der Waals surface area contributed by atoms with Crippen molar-refractivity contribution in [2.45, 2.75) is 32.9 Å². The fourth-order valence-corrected chi connectivity index (χ4v) is 2.74. The Kier molecular flexibility index (Phi) is 4.96. The molecule has 5 nitrogen and oxygen atoms in total. The number of aromatic nitrogens is 3. The molecule has 0 aliphatic rings.